The molecule has 0 spiro atoms. The number of hydrogen-bond acceptors (Lipinski definition) is 2. The van der Waals surface area contributed by atoms with Crippen LogP contribution >= 0.6 is 0 Å². The van der Waals surface area contributed by atoms with Crippen molar-refractivity contribution in [2.45, 2.75) is 34.1 Å². The monoisotopic (exact) mass is 363 g/mol. The first-order valence-electron chi connectivity index (χ1n) is 9.21. The molecule has 0 aliphatic heterocycles. The maximum atomic E-state index is 13.7. The Morgan fingerprint density at radius 2 is 1.93 bits per heavy atom. The highest BCUT2D eigenvalue weighted by atomic mass is 19.1. The maximum absolute atomic E-state index is 13.7. The van der Waals surface area contributed by atoms with Gasteiger partial charge in [-0.15, -0.1) is 0 Å². The van der Waals surface area contributed by atoms with Crippen molar-refractivity contribution in [3.05, 3.63) is 59.7 Å². The number of fused-ring (bicyclic) bond motifs is 3. The van der Waals surface area contributed by atoms with Crippen molar-refractivity contribution >= 4 is 22.1 Å². The second kappa shape index (κ2) is 6.15. The smallest absolute Gasteiger partial charge is 0.229 e. The summed E-state index contributed by atoms with van der Waals surface area (Å²) in [4.78, 5) is 4.00. The molecule has 0 radical (unpaired) electrons. The Hall–Kier alpha value is -2.75. The van der Waals surface area contributed by atoms with Gasteiger partial charge in [-0.25, -0.2) is 4.57 Å². The molecule has 0 N–H and O–H groups in total. The van der Waals surface area contributed by atoms with Crippen molar-refractivity contribution in [1.29, 1.82) is 0 Å². The second-order valence-corrected chi connectivity index (χ2v) is 8.45. The van der Waals surface area contributed by atoms with Gasteiger partial charge in [0.05, 0.1) is 5.56 Å². The Bertz CT molecular complexity index is 1170. The molecule has 0 bridgehead atoms. The Kier molecular flexibility index (Phi) is 4.02. The third kappa shape index (κ3) is 3.09. The molecule has 0 atom stereocenters. The molecule has 3 nitrogen and oxygen atoms in total. The molecule has 27 heavy (non-hydrogen) atoms. The molecule has 0 fully saturated rings. The van der Waals surface area contributed by atoms with Crippen LogP contribution in [0.5, 0.6) is 0 Å². The molecule has 0 amide bonds. The number of benzene rings is 1. The molecule has 138 valence electrons. The van der Waals surface area contributed by atoms with Crippen LogP contribution in [0.15, 0.2) is 47.0 Å². The highest BCUT2D eigenvalue weighted by molar-refractivity contribution is 6.10. The molecule has 0 saturated heterocycles. The summed E-state index contributed by atoms with van der Waals surface area (Å²) in [6, 6.07) is 11.5. The predicted octanol–water partition coefficient (Wildman–Crippen LogP) is 5.51. The van der Waals surface area contributed by atoms with Crippen LogP contribution in [0.25, 0.3) is 33.3 Å². The fourth-order valence-electron chi connectivity index (χ4n) is 3.85. The number of halogens is 1. The van der Waals surface area contributed by atoms with Gasteiger partial charge in [0.25, 0.3) is 0 Å². The Morgan fingerprint density at radius 3 is 2.63 bits per heavy atom. The molecular formula is C23H24FN2O+. The molecule has 1 aromatic carbocycles. The van der Waals surface area contributed by atoms with Crippen LogP contribution in [0.1, 0.15) is 31.9 Å². The number of aryl methyl sites for hydroxylation is 2. The summed E-state index contributed by atoms with van der Waals surface area (Å²) in [5.74, 6) is -0.525. The zero-order valence-electron chi connectivity index (χ0n) is 16.4. The summed E-state index contributed by atoms with van der Waals surface area (Å²) in [5, 5.41) is 1.90. The fourth-order valence-corrected chi connectivity index (χ4v) is 3.85. The summed E-state index contributed by atoms with van der Waals surface area (Å²) < 4.78 is 21.9. The van der Waals surface area contributed by atoms with Crippen LogP contribution in [0, 0.1) is 18.3 Å². The number of nitrogens with zero attached hydrogens (tertiary/aromatic N) is 2. The zero-order chi connectivity index (χ0) is 19.3. The van der Waals surface area contributed by atoms with Crippen molar-refractivity contribution in [2.75, 3.05) is 0 Å². The topological polar surface area (TPSA) is 29.9 Å². The Balaban J connectivity index is 2.15. The van der Waals surface area contributed by atoms with Gasteiger partial charge < -0.3 is 4.42 Å². The quantitative estimate of drug-likeness (QED) is 0.347. The first kappa shape index (κ1) is 17.7. The van der Waals surface area contributed by atoms with Gasteiger partial charge in [-0.2, -0.15) is 9.37 Å². The number of pyridine rings is 2. The van der Waals surface area contributed by atoms with Gasteiger partial charge in [-0.05, 0) is 48.1 Å². The highest BCUT2D eigenvalue weighted by Gasteiger charge is 2.25. The van der Waals surface area contributed by atoms with E-state index in [1.165, 1.54) is 11.6 Å². The predicted molar refractivity (Wildman–Crippen MR) is 106 cm³/mol. The average Bonchev–Trinajstić information content (AvgIpc) is 2.93. The van der Waals surface area contributed by atoms with Gasteiger partial charge in [0.1, 0.15) is 7.05 Å². The van der Waals surface area contributed by atoms with Gasteiger partial charge in [0.15, 0.2) is 11.8 Å². The largest absolute Gasteiger partial charge is 0.437 e. The Labute approximate surface area is 158 Å². The third-order valence-electron chi connectivity index (χ3n) is 4.89. The lowest BCUT2D eigenvalue weighted by atomic mass is 9.84. The van der Waals surface area contributed by atoms with E-state index in [4.69, 9.17) is 4.42 Å². The molecule has 4 rings (SSSR count). The van der Waals surface area contributed by atoms with Crippen LogP contribution in [0.2, 0.25) is 0 Å². The molecule has 4 heteroatoms. The lowest BCUT2D eigenvalue weighted by Gasteiger charge is -2.20. The minimum atomic E-state index is -0.525. The van der Waals surface area contributed by atoms with Crippen molar-refractivity contribution in [2.24, 2.45) is 12.5 Å². The standard InChI is InChI=1S/C23H24FN2O/c1-14-12-15(13-23(2,3)4)20-16-9-10-18(24)25-22(16)27-21(20)19(14)17-8-6-7-11-26(17)5/h6-12H,13H2,1-5H3/q+1. The average molecular weight is 363 g/mol. The molecule has 0 aliphatic carbocycles. The lowest BCUT2D eigenvalue weighted by molar-refractivity contribution is -0.660. The van der Waals surface area contributed by atoms with Crippen LogP contribution in [0.3, 0.4) is 0 Å². The number of rotatable bonds is 2. The number of aromatic nitrogens is 2. The molecule has 4 aromatic rings. The molecule has 0 unspecified atom stereocenters. The van der Waals surface area contributed by atoms with Gasteiger partial charge in [0, 0.05) is 22.9 Å². The normalized spacial score (nSPS) is 12.2. The second-order valence-electron chi connectivity index (χ2n) is 8.45. The van der Waals surface area contributed by atoms with Gasteiger partial charge >= 0.3 is 0 Å². The van der Waals surface area contributed by atoms with E-state index in [1.54, 1.807) is 6.07 Å². The lowest BCUT2D eigenvalue weighted by Crippen LogP contribution is -2.30. The van der Waals surface area contributed by atoms with Crippen molar-refractivity contribution in [3.8, 4) is 11.3 Å². The first-order valence-corrected chi connectivity index (χ1v) is 9.21. The van der Waals surface area contributed by atoms with Crippen molar-refractivity contribution in [3.63, 3.8) is 0 Å². The third-order valence-corrected chi connectivity index (χ3v) is 4.89. The molecule has 0 aliphatic rings. The summed E-state index contributed by atoms with van der Waals surface area (Å²) in [6.45, 7) is 8.77. The van der Waals surface area contributed by atoms with E-state index in [2.05, 4.69) is 49.4 Å². The molecule has 3 heterocycles. The maximum Gasteiger partial charge on any atom is 0.229 e. The van der Waals surface area contributed by atoms with Crippen LogP contribution in [-0.4, -0.2) is 4.98 Å². The number of furan rings is 1. The van der Waals surface area contributed by atoms with Crippen LogP contribution in [0.4, 0.5) is 4.39 Å². The van der Waals surface area contributed by atoms with E-state index < -0.39 is 5.95 Å². The minimum absolute atomic E-state index is 0.120. The summed E-state index contributed by atoms with van der Waals surface area (Å²) in [6.07, 6.45) is 2.92. The van der Waals surface area contributed by atoms with Crippen molar-refractivity contribution < 1.29 is 13.4 Å². The van der Waals surface area contributed by atoms with E-state index in [1.807, 2.05) is 25.4 Å². The highest BCUT2D eigenvalue weighted by Crippen LogP contribution is 2.40. The first-order chi connectivity index (χ1) is 12.7. The van der Waals surface area contributed by atoms with Gasteiger partial charge in [-0.3, -0.25) is 0 Å². The minimum Gasteiger partial charge on any atom is -0.437 e. The Morgan fingerprint density at radius 1 is 1.15 bits per heavy atom. The molecule has 3 aromatic heterocycles. The van der Waals surface area contributed by atoms with E-state index in [0.29, 0.717) is 5.71 Å². The SMILES string of the molecule is Cc1cc(CC(C)(C)C)c2c(oc3nc(F)ccc32)c1-c1cccc[n+]1C. The van der Waals surface area contributed by atoms with Crippen molar-refractivity contribution in [1.82, 2.24) is 4.98 Å². The van der Waals surface area contributed by atoms with Gasteiger partial charge in [0.2, 0.25) is 17.4 Å². The summed E-state index contributed by atoms with van der Waals surface area (Å²) in [5.41, 5.74) is 5.70. The van der Waals surface area contributed by atoms with E-state index in [9.17, 15) is 4.39 Å². The van der Waals surface area contributed by atoms with Gasteiger partial charge in [-0.1, -0.05) is 26.8 Å². The van der Waals surface area contributed by atoms with E-state index in [-0.39, 0.29) is 5.41 Å². The molecular weight excluding hydrogens is 339 g/mol. The molecule has 0 saturated carbocycles. The van der Waals surface area contributed by atoms with E-state index >= 15 is 0 Å². The zero-order valence-corrected chi connectivity index (χ0v) is 16.4. The van der Waals surface area contributed by atoms with Crippen LogP contribution in [-0.2, 0) is 13.5 Å². The summed E-state index contributed by atoms with van der Waals surface area (Å²) in [7, 11) is 2.02. The van der Waals surface area contributed by atoms with Crippen LogP contribution < -0.4 is 4.57 Å². The van der Waals surface area contributed by atoms with E-state index in [0.717, 1.165) is 39.6 Å². The summed E-state index contributed by atoms with van der Waals surface area (Å²) >= 11 is 0. The number of hydrogen-bond donors (Lipinski definition) is 0. The fraction of sp³-hybridized carbons (Fsp3) is 0.304.